The van der Waals surface area contributed by atoms with E-state index < -0.39 is 0 Å². The summed E-state index contributed by atoms with van der Waals surface area (Å²) in [5.41, 5.74) is 0.367. The summed E-state index contributed by atoms with van der Waals surface area (Å²) >= 11 is 6.14. The largest absolute Gasteiger partial charge is 0.379 e. The third kappa shape index (κ3) is 3.24. The van der Waals surface area contributed by atoms with Crippen molar-refractivity contribution in [3.8, 4) is 0 Å². The molecule has 2 unspecified atom stereocenters. The van der Waals surface area contributed by atoms with Crippen molar-refractivity contribution in [1.29, 1.82) is 0 Å². The van der Waals surface area contributed by atoms with Crippen LogP contribution in [0.3, 0.4) is 0 Å². The molecule has 21 heavy (non-hydrogen) atoms. The third-order valence-electron chi connectivity index (χ3n) is 4.73. The van der Waals surface area contributed by atoms with Gasteiger partial charge in [-0.15, -0.1) is 0 Å². The van der Waals surface area contributed by atoms with Crippen LogP contribution < -0.4 is 10.9 Å². The Labute approximate surface area is 129 Å². The van der Waals surface area contributed by atoms with E-state index in [1.165, 1.54) is 19.3 Å². The van der Waals surface area contributed by atoms with Gasteiger partial charge in [-0.05, 0) is 32.1 Å². The van der Waals surface area contributed by atoms with Gasteiger partial charge in [0.1, 0.15) is 5.69 Å². The van der Waals surface area contributed by atoms with Crippen molar-refractivity contribution in [3.05, 3.63) is 21.6 Å². The Bertz CT molecular complexity index is 556. The fraction of sp³-hybridized carbons (Fsp3) is 0.733. The molecule has 3 rings (SSSR count). The monoisotopic (exact) mass is 311 g/mol. The normalized spacial score (nSPS) is 25.8. The molecule has 116 valence electrons. The molecule has 0 aromatic carbocycles. The van der Waals surface area contributed by atoms with Crippen LogP contribution in [0.1, 0.15) is 32.6 Å². The van der Waals surface area contributed by atoms with Crippen molar-refractivity contribution in [1.82, 2.24) is 9.78 Å². The van der Waals surface area contributed by atoms with E-state index in [4.69, 9.17) is 16.3 Å². The van der Waals surface area contributed by atoms with Gasteiger partial charge in [0.05, 0.1) is 17.3 Å². The van der Waals surface area contributed by atoms with Crippen LogP contribution in [0.5, 0.6) is 0 Å². The van der Waals surface area contributed by atoms with Crippen molar-refractivity contribution in [2.75, 3.05) is 18.5 Å². The molecular formula is C15H22ClN3O2. The van der Waals surface area contributed by atoms with E-state index in [-0.39, 0.29) is 11.7 Å². The zero-order valence-corrected chi connectivity index (χ0v) is 13.1. The number of aromatic nitrogens is 2. The van der Waals surface area contributed by atoms with Gasteiger partial charge in [-0.1, -0.05) is 18.0 Å². The first-order valence-corrected chi connectivity index (χ1v) is 8.14. The first-order valence-electron chi connectivity index (χ1n) is 7.76. The summed E-state index contributed by atoms with van der Waals surface area (Å²) < 4.78 is 7.09. The summed E-state index contributed by atoms with van der Waals surface area (Å²) in [7, 11) is 0. The second-order valence-corrected chi connectivity index (χ2v) is 6.56. The highest BCUT2D eigenvalue weighted by atomic mass is 35.5. The van der Waals surface area contributed by atoms with E-state index >= 15 is 0 Å². The van der Waals surface area contributed by atoms with Crippen LogP contribution in [-0.2, 0) is 11.3 Å². The molecule has 1 saturated heterocycles. The summed E-state index contributed by atoms with van der Waals surface area (Å²) in [5.74, 6) is 1.01. The predicted molar refractivity (Wildman–Crippen MR) is 82.9 cm³/mol. The number of ether oxygens (including phenoxy) is 1. The Balaban J connectivity index is 1.70. The molecule has 1 aromatic rings. The quantitative estimate of drug-likeness (QED) is 0.908. The summed E-state index contributed by atoms with van der Waals surface area (Å²) in [5, 5.41) is 7.78. The first-order chi connectivity index (χ1) is 10.1. The summed E-state index contributed by atoms with van der Waals surface area (Å²) in [4.78, 5) is 12.5. The van der Waals surface area contributed by atoms with Crippen molar-refractivity contribution in [2.45, 2.75) is 45.3 Å². The summed E-state index contributed by atoms with van der Waals surface area (Å²) in [6.45, 7) is 4.28. The molecule has 2 atom stereocenters. The molecule has 5 nitrogen and oxygen atoms in total. The number of halogens is 1. The van der Waals surface area contributed by atoms with Crippen molar-refractivity contribution < 1.29 is 4.74 Å². The van der Waals surface area contributed by atoms with Crippen LogP contribution in [0.4, 0.5) is 5.69 Å². The Morgan fingerprint density at radius 2 is 2.29 bits per heavy atom. The molecule has 2 fully saturated rings. The maximum Gasteiger partial charge on any atom is 0.291 e. The number of anilines is 1. The predicted octanol–water partition coefficient (Wildman–Crippen LogP) is 2.53. The SMILES string of the molecule is CC1OCCC1CNc1c(Cl)cnn(CC2CCC2)c1=O. The smallest absolute Gasteiger partial charge is 0.291 e. The average molecular weight is 312 g/mol. The molecular weight excluding hydrogens is 290 g/mol. The maximum atomic E-state index is 12.5. The number of hydrogen-bond acceptors (Lipinski definition) is 4. The topological polar surface area (TPSA) is 56.1 Å². The lowest BCUT2D eigenvalue weighted by molar-refractivity contribution is 0.108. The fourth-order valence-electron chi connectivity index (χ4n) is 2.96. The Kier molecular flexibility index (Phi) is 4.50. The number of hydrogen-bond donors (Lipinski definition) is 1. The molecule has 1 N–H and O–H groups in total. The van der Waals surface area contributed by atoms with Crippen LogP contribution in [-0.4, -0.2) is 29.0 Å². The first kappa shape index (κ1) is 14.9. The lowest BCUT2D eigenvalue weighted by atomic mass is 9.85. The number of nitrogens with zero attached hydrogens (tertiary/aromatic N) is 2. The maximum absolute atomic E-state index is 12.5. The van der Waals surface area contributed by atoms with E-state index in [1.807, 2.05) is 0 Å². The Morgan fingerprint density at radius 3 is 2.90 bits per heavy atom. The van der Waals surface area contributed by atoms with Crippen LogP contribution in [0, 0.1) is 11.8 Å². The van der Waals surface area contributed by atoms with Crippen molar-refractivity contribution in [2.24, 2.45) is 11.8 Å². The molecule has 2 aliphatic rings. The summed E-state index contributed by atoms with van der Waals surface area (Å²) in [6.07, 6.45) is 6.46. The van der Waals surface area contributed by atoms with Gasteiger partial charge in [-0.25, -0.2) is 4.68 Å². The molecule has 2 heterocycles. The Hall–Kier alpha value is -1.07. The highest BCUT2D eigenvalue weighted by molar-refractivity contribution is 6.32. The van der Waals surface area contributed by atoms with Gasteiger partial charge in [0, 0.05) is 25.6 Å². The van der Waals surface area contributed by atoms with Crippen LogP contribution >= 0.6 is 11.6 Å². The van der Waals surface area contributed by atoms with Crippen molar-refractivity contribution in [3.63, 3.8) is 0 Å². The fourth-order valence-corrected chi connectivity index (χ4v) is 3.15. The molecule has 1 aromatic heterocycles. The minimum absolute atomic E-state index is 0.110. The van der Waals surface area contributed by atoms with Crippen LogP contribution in [0.2, 0.25) is 5.02 Å². The molecule has 0 spiro atoms. The van der Waals surface area contributed by atoms with Gasteiger partial charge >= 0.3 is 0 Å². The van der Waals surface area contributed by atoms with Crippen LogP contribution in [0.15, 0.2) is 11.0 Å². The minimum atomic E-state index is -0.110. The van der Waals surface area contributed by atoms with Crippen molar-refractivity contribution >= 4 is 17.3 Å². The average Bonchev–Trinajstić information content (AvgIpc) is 2.81. The minimum Gasteiger partial charge on any atom is -0.379 e. The Morgan fingerprint density at radius 1 is 1.48 bits per heavy atom. The lowest BCUT2D eigenvalue weighted by Gasteiger charge is -2.25. The second kappa shape index (κ2) is 6.36. The highest BCUT2D eigenvalue weighted by Gasteiger charge is 2.25. The van der Waals surface area contributed by atoms with Gasteiger partial charge < -0.3 is 10.1 Å². The molecule has 6 heteroatoms. The highest BCUT2D eigenvalue weighted by Crippen LogP contribution is 2.27. The van der Waals surface area contributed by atoms with Gasteiger partial charge in [0.15, 0.2) is 0 Å². The molecule has 0 amide bonds. The van der Waals surface area contributed by atoms with E-state index in [1.54, 1.807) is 10.9 Å². The molecule has 1 saturated carbocycles. The summed E-state index contributed by atoms with van der Waals surface area (Å²) in [6, 6.07) is 0. The number of nitrogens with one attached hydrogen (secondary N) is 1. The second-order valence-electron chi connectivity index (χ2n) is 6.16. The van der Waals surface area contributed by atoms with Crippen LogP contribution in [0.25, 0.3) is 0 Å². The molecule has 0 radical (unpaired) electrons. The molecule has 1 aliphatic heterocycles. The zero-order valence-electron chi connectivity index (χ0n) is 12.3. The third-order valence-corrected chi connectivity index (χ3v) is 5.01. The van der Waals surface area contributed by atoms with E-state index in [2.05, 4.69) is 17.3 Å². The van der Waals surface area contributed by atoms with Gasteiger partial charge in [-0.3, -0.25) is 4.79 Å². The van der Waals surface area contributed by atoms with E-state index in [9.17, 15) is 4.79 Å². The standard InChI is InChI=1S/C15H22ClN3O2/c1-10-12(5-6-21-10)7-17-14-13(16)8-18-19(15(14)20)9-11-3-2-4-11/h8,10-12,17H,2-7,9H2,1H3. The van der Waals surface area contributed by atoms with Gasteiger partial charge in [0.2, 0.25) is 0 Å². The number of rotatable bonds is 5. The molecule has 1 aliphatic carbocycles. The van der Waals surface area contributed by atoms with E-state index in [0.29, 0.717) is 35.6 Å². The molecule has 0 bridgehead atoms. The lowest BCUT2D eigenvalue weighted by Crippen LogP contribution is -2.32. The van der Waals surface area contributed by atoms with Gasteiger partial charge in [-0.2, -0.15) is 5.10 Å². The van der Waals surface area contributed by atoms with Gasteiger partial charge in [0.25, 0.3) is 5.56 Å². The van der Waals surface area contributed by atoms with E-state index in [0.717, 1.165) is 13.0 Å². The zero-order chi connectivity index (χ0) is 14.8.